The Morgan fingerprint density at radius 2 is 1.87 bits per heavy atom. The Kier molecular flexibility index (Phi) is 4.63. The molecule has 1 aromatic rings. The van der Waals surface area contributed by atoms with Gasteiger partial charge in [-0.1, -0.05) is 32.0 Å². The Hall–Kier alpha value is -1.02. The van der Waals surface area contributed by atoms with Crippen molar-refractivity contribution in [2.24, 2.45) is 5.41 Å². The highest BCUT2D eigenvalue weighted by atomic mass is 16.5. The fourth-order valence-corrected chi connectivity index (χ4v) is 1.36. The van der Waals surface area contributed by atoms with Crippen LogP contribution in [0.4, 0.5) is 5.69 Å². The lowest BCUT2D eigenvalue weighted by Crippen LogP contribution is -2.24. The summed E-state index contributed by atoms with van der Waals surface area (Å²) in [6, 6.07) is 10.3. The largest absolute Gasteiger partial charge is 0.385 e. The van der Waals surface area contributed by atoms with Gasteiger partial charge in [0, 0.05) is 25.9 Å². The van der Waals surface area contributed by atoms with Gasteiger partial charge in [-0.2, -0.15) is 0 Å². The van der Waals surface area contributed by atoms with E-state index in [-0.39, 0.29) is 5.41 Å². The highest BCUT2D eigenvalue weighted by Gasteiger charge is 2.16. The zero-order valence-electron chi connectivity index (χ0n) is 9.92. The van der Waals surface area contributed by atoms with Crippen molar-refractivity contribution in [2.75, 3.05) is 25.6 Å². The monoisotopic (exact) mass is 207 g/mol. The zero-order chi connectivity index (χ0) is 11.1. The predicted octanol–water partition coefficient (Wildman–Crippen LogP) is 3.16. The molecule has 0 saturated carbocycles. The van der Waals surface area contributed by atoms with E-state index in [0.717, 1.165) is 19.6 Å². The predicted molar refractivity (Wildman–Crippen MR) is 65.2 cm³/mol. The van der Waals surface area contributed by atoms with Gasteiger partial charge in [-0.15, -0.1) is 0 Å². The minimum Gasteiger partial charge on any atom is -0.385 e. The molecule has 0 aromatic heterocycles. The first-order valence-electron chi connectivity index (χ1n) is 5.42. The third-order valence-electron chi connectivity index (χ3n) is 2.53. The topological polar surface area (TPSA) is 21.3 Å². The van der Waals surface area contributed by atoms with Gasteiger partial charge in [-0.05, 0) is 24.0 Å². The molecule has 1 aromatic carbocycles. The van der Waals surface area contributed by atoms with Gasteiger partial charge in [0.25, 0.3) is 0 Å². The Labute approximate surface area is 92.6 Å². The van der Waals surface area contributed by atoms with Crippen LogP contribution < -0.4 is 5.32 Å². The lowest BCUT2D eigenvalue weighted by Gasteiger charge is -2.25. The van der Waals surface area contributed by atoms with Crippen molar-refractivity contribution in [3.63, 3.8) is 0 Å². The highest BCUT2D eigenvalue weighted by Crippen LogP contribution is 2.21. The Morgan fingerprint density at radius 3 is 2.47 bits per heavy atom. The SMILES string of the molecule is COCCC(C)(C)CNc1ccccc1. The van der Waals surface area contributed by atoms with Gasteiger partial charge in [-0.3, -0.25) is 0 Å². The van der Waals surface area contributed by atoms with Crippen molar-refractivity contribution >= 4 is 5.69 Å². The van der Waals surface area contributed by atoms with Gasteiger partial charge >= 0.3 is 0 Å². The number of hydrogen-bond acceptors (Lipinski definition) is 2. The zero-order valence-corrected chi connectivity index (χ0v) is 9.92. The van der Waals surface area contributed by atoms with E-state index in [4.69, 9.17) is 4.74 Å². The maximum atomic E-state index is 5.10. The molecule has 0 aliphatic heterocycles. The summed E-state index contributed by atoms with van der Waals surface area (Å²) in [5, 5.41) is 3.44. The van der Waals surface area contributed by atoms with Crippen LogP contribution in [0.25, 0.3) is 0 Å². The number of benzene rings is 1. The summed E-state index contributed by atoms with van der Waals surface area (Å²) in [6.07, 6.45) is 1.07. The van der Waals surface area contributed by atoms with Crippen LogP contribution in [-0.2, 0) is 4.74 Å². The van der Waals surface area contributed by atoms with Crippen LogP contribution in [0, 0.1) is 5.41 Å². The van der Waals surface area contributed by atoms with E-state index >= 15 is 0 Å². The van der Waals surface area contributed by atoms with E-state index in [9.17, 15) is 0 Å². The van der Waals surface area contributed by atoms with Gasteiger partial charge in [0.1, 0.15) is 0 Å². The standard InChI is InChI=1S/C13H21NO/c1-13(2,9-10-15-3)11-14-12-7-5-4-6-8-12/h4-8,14H,9-11H2,1-3H3. The molecule has 0 aliphatic carbocycles. The lowest BCUT2D eigenvalue weighted by molar-refractivity contribution is 0.157. The van der Waals surface area contributed by atoms with Crippen LogP contribution in [0.1, 0.15) is 20.3 Å². The molecule has 0 bridgehead atoms. The van der Waals surface area contributed by atoms with E-state index in [0.29, 0.717) is 0 Å². The number of nitrogens with one attached hydrogen (secondary N) is 1. The fourth-order valence-electron chi connectivity index (χ4n) is 1.36. The molecule has 1 rings (SSSR count). The second-order valence-electron chi connectivity index (χ2n) is 4.63. The molecule has 0 radical (unpaired) electrons. The molecule has 2 nitrogen and oxygen atoms in total. The van der Waals surface area contributed by atoms with Crippen molar-refractivity contribution in [3.8, 4) is 0 Å². The molecule has 15 heavy (non-hydrogen) atoms. The van der Waals surface area contributed by atoms with E-state index in [1.165, 1.54) is 5.69 Å². The van der Waals surface area contributed by atoms with Gasteiger partial charge in [0.15, 0.2) is 0 Å². The first kappa shape index (κ1) is 12.1. The second kappa shape index (κ2) is 5.76. The molecule has 0 amide bonds. The average molecular weight is 207 g/mol. The number of para-hydroxylation sites is 1. The average Bonchev–Trinajstić information content (AvgIpc) is 2.25. The third kappa shape index (κ3) is 4.84. The first-order valence-corrected chi connectivity index (χ1v) is 5.42. The molecule has 0 aliphatic rings. The normalized spacial score (nSPS) is 11.4. The fraction of sp³-hybridized carbons (Fsp3) is 0.538. The molecule has 0 heterocycles. The van der Waals surface area contributed by atoms with E-state index in [1.807, 2.05) is 18.2 Å². The summed E-state index contributed by atoms with van der Waals surface area (Å²) in [6.45, 7) is 6.30. The summed E-state index contributed by atoms with van der Waals surface area (Å²) in [7, 11) is 1.75. The van der Waals surface area contributed by atoms with Crippen LogP contribution in [0.2, 0.25) is 0 Å². The molecule has 0 spiro atoms. The number of methoxy groups -OCH3 is 1. The van der Waals surface area contributed by atoms with Gasteiger partial charge in [0.05, 0.1) is 0 Å². The number of ether oxygens (including phenoxy) is 1. The summed E-state index contributed by atoms with van der Waals surface area (Å²) in [4.78, 5) is 0. The quantitative estimate of drug-likeness (QED) is 0.773. The van der Waals surface area contributed by atoms with Crippen molar-refractivity contribution in [3.05, 3.63) is 30.3 Å². The second-order valence-corrected chi connectivity index (χ2v) is 4.63. The molecular weight excluding hydrogens is 186 g/mol. The van der Waals surface area contributed by atoms with Gasteiger partial charge in [0.2, 0.25) is 0 Å². The third-order valence-corrected chi connectivity index (χ3v) is 2.53. The van der Waals surface area contributed by atoms with Crippen molar-refractivity contribution in [1.82, 2.24) is 0 Å². The Bertz CT molecular complexity index is 269. The van der Waals surface area contributed by atoms with Crippen LogP contribution in [-0.4, -0.2) is 20.3 Å². The Morgan fingerprint density at radius 1 is 1.20 bits per heavy atom. The summed E-state index contributed by atoms with van der Waals surface area (Å²) >= 11 is 0. The first-order chi connectivity index (χ1) is 7.14. The van der Waals surface area contributed by atoms with Crippen molar-refractivity contribution in [2.45, 2.75) is 20.3 Å². The number of hydrogen-bond donors (Lipinski definition) is 1. The van der Waals surface area contributed by atoms with Crippen molar-refractivity contribution in [1.29, 1.82) is 0 Å². The lowest BCUT2D eigenvalue weighted by atomic mass is 9.89. The van der Waals surface area contributed by atoms with Crippen LogP contribution in [0.3, 0.4) is 0 Å². The number of anilines is 1. The maximum absolute atomic E-state index is 5.10. The van der Waals surface area contributed by atoms with Crippen LogP contribution in [0.15, 0.2) is 30.3 Å². The molecule has 1 N–H and O–H groups in total. The van der Waals surface area contributed by atoms with E-state index in [1.54, 1.807) is 7.11 Å². The van der Waals surface area contributed by atoms with Gasteiger partial charge in [-0.25, -0.2) is 0 Å². The Balaban J connectivity index is 2.35. The van der Waals surface area contributed by atoms with Crippen LogP contribution in [0.5, 0.6) is 0 Å². The van der Waals surface area contributed by atoms with Gasteiger partial charge < -0.3 is 10.1 Å². The summed E-state index contributed by atoms with van der Waals surface area (Å²) in [5.74, 6) is 0. The molecule has 0 atom stereocenters. The summed E-state index contributed by atoms with van der Waals surface area (Å²) < 4.78 is 5.10. The molecular formula is C13H21NO. The molecule has 0 saturated heterocycles. The summed E-state index contributed by atoms with van der Waals surface area (Å²) in [5.41, 5.74) is 1.45. The minimum absolute atomic E-state index is 0.270. The van der Waals surface area contributed by atoms with Crippen LogP contribution >= 0.6 is 0 Å². The maximum Gasteiger partial charge on any atom is 0.0468 e. The number of rotatable bonds is 6. The van der Waals surface area contributed by atoms with Crippen molar-refractivity contribution < 1.29 is 4.74 Å². The van der Waals surface area contributed by atoms with E-state index in [2.05, 4.69) is 31.3 Å². The van der Waals surface area contributed by atoms with E-state index < -0.39 is 0 Å². The molecule has 2 heteroatoms. The smallest absolute Gasteiger partial charge is 0.0468 e. The molecule has 0 unspecified atom stereocenters. The molecule has 84 valence electrons. The minimum atomic E-state index is 0.270. The molecule has 0 fully saturated rings. The highest BCUT2D eigenvalue weighted by molar-refractivity contribution is 5.42.